The van der Waals surface area contributed by atoms with Gasteiger partial charge in [0.05, 0.1) is 7.11 Å². The molecule has 1 fully saturated rings. The molecule has 0 spiro atoms. The van der Waals surface area contributed by atoms with Crippen LogP contribution >= 0.6 is 0 Å². The molecule has 2 atom stereocenters. The maximum Gasteiger partial charge on any atom is 0.325 e. The Hall–Kier alpha value is -0.610. The van der Waals surface area contributed by atoms with E-state index in [1.54, 1.807) is 6.92 Å². The molecule has 0 bridgehead atoms. The molecule has 0 aliphatic carbocycles. The van der Waals surface area contributed by atoms with Crippen LogP contribution in [0.3, 0.4) is 0 Å². The van der Waals surface area contributed by atoms with Gasteiger partial charge in [-0.05, 0) is 59.0 Å². The molecule has 112 valence electrons. The van der Waals surface area contributed by atoms with Crippen LogP contribution in [0.1, 0.15) is 58.8 Å². The van der Waals surface area contributed by atoms with Gasteiger partial charge in [-0.15, -0.1) is 0 Å². The lowest BCUT2D eigenvalue weighted by Gasteiger charge is -2.27. The molecule has 2 N–H and O–H groups in total. The smallest absolute Gasteiger partial charge is 0.325 e. The Labute approximate surface area is 117 Å². The first-order valence-corrected chi connectivity index (χ1v) is 7.58. The summed E-state index contributed by atoms with van der Waals surface area (Å²) in [5.74, 6) is -0.310. The van der Waals surface area contributed by atoms with Crippen LogP contribution in [0.5, 0.6) is 0 Å². The van der Waals surface area contributed by atoms with E-state index in [2.05, 4.69) is 11.8 Å². The second kappa shape index (κ2) is 7.85. The normalized spacial score (nSPS) is 24.5. The van der Waals surface area contributed by atoms with Crippen LogP contribution in [-0.4, -0.2) is 42.6 Å². The van der Waals surface area contributed by atoms with E-state index < -0.39 is 5.54 Å². The monoisotopic (exact) mass is 270 g/mol. The fraction of sp³-hybridized carbons (Fsp3) is 0.933. The van der Waals surface area contributed by atoms with Gasteiger partial charge in [-0.1, -0.05) is 12.8 Å². The van der Waals surface area contributed by atoms with Gasteiger partial charge < -0.3 is 15.4 Å². The van der Waals surface area contributed by atoms with E-state index in [1.165, 1.54) is 39.3 Å². The fourth-order valence-electron chi connectivity index (χ4n) is 2.81. The van der Waals surface area contributed by atoms with Crippen molar-refractivity contribution < 1.29 is 9.53 Å². The first-order chi connectivity index (χ1) is 8.97. The van der Waals surface area contributed by atoms with Crippen molar-refractivity contribution in [3.8, 4) is 0 Å². The van der Waals surface area contributed by atoms with Gasteiger partial charge >= 0.3 is 5.97 Å². The summed E-state index contributed by atoms with van der Waals surface area (Å²) >= 11 is 0. The number of hydrogen-bond donors (Lipinski definition) is 1. The van der Waals surface area contributed by atoms with Crippen LogP contribution in [0, 0.1) is 0 Å². The number of ether oxygens (including phenoxy) is 1. The van der Waals surface area contributed by atoms with Gasteiger partial charge in [-0.25, -0.2) is 0 Å². The number of nitrogens with two attached hydrogens (primary N) is 1. The van der Waals surface area contributed by atoms with Crippen molar-refractivity contribution in [1.29, 1.82) is 0 Å². The average molecular weight is 270 g/mol. The Morgan fingerprint density at radius 1 is 1.37 bits per heavy atom. The highest BCUT2D eigenvalue weighted by molar-refractivity contribution is 5.79. The van der Waals surface area contributed by atoms with Crippen molar-refractivity contribution in [1.82, 2.24) is 4.90 Å². The Morgan fingerprint density at radius 2 is 2.11 bits per heavy atom. The largest absolute Gasteiger partial charge is 0.468 e. The van der Waals surface area contributed by atoms with Crippen LogP contribution in [0.25, 0.3) is 0 Å². The summed E-state index contributed by atoms with van der Waals surface area (Å²) in [6, 6.07) is 0.701. The number of carbonyl (C=O) groups is 1. The van der Waals surface area contributed by atoms with Gasteiger partial charge in [0, 0.05) is 6.04 Å². The fourth-order valence-corrected chi connectivity index (χ4v) is 2.81. The highest BCUT2D eigenvalue weighted by Gasteiger charge is 2.28. The molecule has 1 aliphatic rings. The lowest BCUT2D eigenvalue weighted by molar-refractivity contribution is -0.146. The minimum absolute atomic E-state index is 0.310. The Balaban J connectivity index is 2.24. The molecule has 2 unspecified atom stereocenters. The molecular formula is C15H30N2O2. The number of nitrogens with zero attached hydrogens (tertiary/aromatic N) is 1. The first-order valence-electron chi connectivity index (χ1n) is 7.58. The topological polar surface area (TPSA) is 55.6 Å². The number of methoxy groups -OCH3 is 1. The Kier molecular flexibility index (Phi) is 6.80. The van der Waals surface area contributed by atoms with E-state index in [-0.39, 0.29) is 5.97 Å². The number of carbonyl (C=O) groups excluding carboxylic acids is 1. The molecule has 1 aliphatic heterocycles. The molecule has 4 nitrogen and oxygen atoms in total. The number of hydrogen-bond acceptors (Lipinski definition) is 4. The molecule has 1 heterocycles. The number of rotatable bonds is 6. The third kappa shape index (κ3) is 5.49. The lowest BCUT2D eigenvalue weighted by atomic mass is 9.96. The van der Waals surface area contributed by atoms with E-state index in [0.717, 1.165) is 19.4 Å². The SMILES string of the molecule is COC(=O)C(C)(N)CCCCN1CCCCCC1C. The van der Waals surface area contributed by atoms with Gasteiger partial charge in [0.2, 0.25) is 0 Å². The maximum absolute atomic E-state index is 11.5. The first kappa shape index (κ1) is 16.4. The molecule has 1 rings (SSSR count). The van der Waals surface area contributed by atoms with Crippen molar-refractivity contribution >= 4 is 5.97 Å². The molecule has 0 radical (unpaired) electrons. The van der Waals surface area contributed by atoms with E-state index in [9.17, 15) is 4.79 Å². The highest BCUT2D eigenvalue weighted by Crippen LogP contribution is 2.18. The van der Waals surface area contributed by atoms with Crippen molar-refractivity contribution in [2.24, 2.45) is 5.73 Å². The minimum atomic E-state index is -0.834. The molecule has 19 heavy (non-hydrogen) atoms. The molecule has 0 saturated carbocycles. The van der Waals surface area contributed by atoms with Crippen molar-refractivity contribution in [3.63, 3.8) is 0 Å². The molecule has 4 heteroatoms. The Morgan fingerprint density at radius 3 is 2.79 bits per heavy atom. The summed E-state index contributed by atoms with van der Waals surface area (Å²) in [6.07, 6.45) is 8.14. The quantitative estimate of drug-likeness (QED) is 0.594. The van der Waals surface area contributed by atoms with Gasteiger partial charge in [0.25, 0.3) is 0 Å². The summed E-state index contributed by atoms with van der Waals surface area (Å²) in [5.41, 5.74) is 5.12. The summed E-state index contributed by atoms with van der Waals surface area (Å²) in [4.78, 5) is 14.1. The summed E-state index contributed by atoms with van der Waals surface area (Å²) in [7, 11) is 1.40. The van der Waals surface area contributed by atoms with Gasteiger partial charge in [-0.2, -0.15) is 0 Å². The molecule has 0 aromatic rings. The Bertz CT molecular complexity index is 279. The zero-order valence-electron chi connectivity index (χ0n) is 12.8. The third-order valence-corrected chi connectivity index (χ3v) is 4.23. The maximum atomic E-state index is 11.5. The van der Waals surface area contributed by atoms with Crippen LogP contribution in [-0.2, 0) is 9.53 Å². The summed E-state index contributed by atoms with van der Waals surface area (Å²) in [6.45, 7) is 6.43. The van der Waals surface area contributed by atoms with Gasteiger partial charge in [0.15, 0.2) is 0 Å². The van der Waals surface area contributed by atoms with Gasteiger partial charge in [-0.3, -0.25) is 4.79 Å². The number of likely N-dealkylation sites (tertiary alicyclic amines) is 1. The third-order valence-electron chi connectivity index (χ3n) is 4.23. The van der Waals surface area contributed by atoms with E-state index >= 15 is 0 Å². The van der Waals surface area contributed by atoms with Crippen molar-refractivity contribution in [2.75, 3.05) is 20.2 Å². The zero-order chi connectivity index (χ0) is 14.3. The van der Waals surface area contributed by atoms with Crippen molar-refractivity contribution in [3.05, 3.63) is 0 Å². The highest BCUT2D eigenvalue weighted by atomic mass is 16.5. The molecule has 0 aromatic carbocycles. The zero-order valence-corrected chi connectivity index (χ0v) is 12.8. The van der Waals surface area contributed by atoms with Crippen LogP contribution in [0.4, 0.5) is 0 Å². The predicted molar refractivity (Wildman–Crippen MR) is 78.0 cm³/mol. The van der Waals surface area contributed by atoms with E-state index in [0.29, 0.717) is 12.5 Å². The summed E-state index contributed by atoms with van der Waals surface area (Å²) < 4.78 is 4.72. The molecule has 0 amide bonds. The lowest BCUT2D eigenvalue weighted by Crippen LogP contribution is -2.45. The average Bonchev–Trinajstić information content (AvgIpc) is 2.58. The van der Waals surface area contributed by atoms with Crippen LogP contribution in [0.15, 0.2) is 0 Å². The number of esters is 1. The van der Waals surface area contributed by atoms with Crippen molar-refractivity contribution in [2.45, 2.75) is 70.4 Å². The van der Waals surface area contributed by atoms with E-state index in [4.69, 9.17) is 10.5 Å². The second-order valence-electron chi connectivity index (χ2n) is 6.10. The second-order valence-corrected chi connectivity index (χ2v) is 6.10. The molecular weight excluding hydrogens is 240 g/mol. The standard InChI is InChI=1S/C15H30N2O2/c1-13-9-5-4-7-11-17(13)12-8-6-10-15(2,16)14(18)19-3/h13H,4-12,16H2,1-3H3. The van der Waals surface area contributed by atoms with Gasteiger partial charge in [0.1, 0.15) is 5.54 Å². The van der Waals surface area contributed by atoms with E-state index in [1.807, 2.05) is 0 Å². The molecule has 1 saturated heterocycles. The summed E-state index contributed by atoms with van der Waals surface area (Å²) in [5, 5.41) is 0. The molecule has 0 aromatic heterocycles. The predicted octanol–water partition coefficient (Wildman–Crippen LogP) is 2.31. The van der Waals surface area contributed by atoms with Crippen LogP contribution in [0.2, 0.25) is 0 Å². The van der Waals surface area contributed by atoms with Crippen LogP contribution < -0.4 is 5.73 Å². The number of unbranched alkanes of at least 4 members (excludes halogenated alkanes) is 1. The minimum Gasteiger partial charge on any atom is -0.468 e.